The van der Waals surface area contributed by atoms with E-state index in [4.69, 9.17) is 5.11 Å². The van der Waals surface area contributed by atoms with Gasteiger partial charge in [-0.15, -0.1) is 0 Å². The fourth-order valence-electron chi connectivity index (χ4n) is 0.543. The first-order valence-electron chi connectivity index (χ1n) is 2.51. The molecular weight excluding hydrogens is 183 g/mol. The average molecular weight is 189 g/mol. The van der Waals surface area contributed by atoms with Gasteiger partial charge in [0, 0.05) is 0 Å². The quantitative estimate of drug-likeness (QED) is 0.527. The van der Waals surface area contributed by atoms with Crippen molar-refractivity contribution in [3.05, 3.63) is 21.0 Å². The molecule has 1 rings (SSSR count). The number of hydrogen-bond donors (Lipinski definition) is 1. The van der Waals surface area contributed by atoms with Crippen molar-refractivity contribution >= 4 is 20.8 Å². The first-order valence-corrected chi connectivity index (χ1v) is 4.23. The molecule has 0 aromatic carbocycles. The van der Waals surface area contributed by atoms with Crippen molar-refractivity contribution in [3.63, 3.8) is 0 Å². The molecule has 0 spiro atoms. The summed E-state index contributed by atoms with van der Waals surface area (Å²) in [5.41, 5.74) is 0. The van der Waals surface area contributed by atoms with Crippen LogP contribution in [-0.4, -0.2) is 25.9 Å². The van der Waals surface area contributed by atoms with Crippen molar-refractivity contribution < 1.29 is 9.90 Å². The normalized spacial score (nSPS) is 9.44. The van der Waals surface area contributed by atoms with E-state index in [0.29, 0.717) is 0 Å². The summed E-state index contributed by atoms with van der Waals surface area (Å²) in [7, 11) is 0. The van der Waals surface area contributed by atoms with Gasteiger partial charge < -0.3 is 0 Å². The molecule has 0 bridgehead atoms. The van der Waals surface area contributed by atoms with Gasteiger partial charge in [0.25, 0.3) is 0 Å². The molecule has 2 nitrogen and oxygen atoms in total. The zero-order valence-corrected chi connectivity index (χ0v) is 6.42. The summed E-state index contributed by atoms with van der Waals surface area (Å²) < 4.78 is 1.79. The van der Waals surface area contributed by atoms with Gasteiger partial charge in [-0.1, -0.05) is 0 Å². The van der Waals surface area contributed by atoms with Crippen molar-refractivity contribution in [2.75, 3.05) is 0 Å². The van der Waals surface area contributed by atoms with E-state index in [-0.39, 0.29) is 21.1 Å². The molecule has 1 N–H and O–H groups in total. The molecule has 0 saturated carbocycles. The van der Waals surface area contributed by atoms with Crippen LogP contribution in [0.5, 0.6) is 0 Å². The molecule has 0 aliphatic heterocycles. The molecular formula is C6H6O2Se. The van der Waals surface area contributed by atoms with E-state index in [2.05, 4.69) is 0 Å². The molecule has 0 atom stereocenters. The van der Waals surface area contributed by atoms with Crippen LogP contribution in [0, 0.1) is 0 Å². The van der Waals surface area contributed by atoms with Crippen LogP contribution in [0.3, 0.4) is 0 Å². The van der Waals surface area contributed by atoms with Gasteiger partial charge in [0.1, 0.15) is 0 Å². The van der Waals surface area contributed by atoms with Gasteiger partial charge in [-0.25, -0.2) is 0 Å². The Labute approximate surface area is 58.9 Å². The van der Waals surface area contributed by atoms with Gasteiger partial charge in [-0.05, 0) is 0 Å². The molecule has 0 amide bonds. The SMILES string of the molecule is O=Cc1ccc(CO)[se]1. The van der Waals surface area contributed by atoms with Crippen molar-refractivity contribution in [2.24, 2.45) is 0 Å². The zero-order chi connectivity index (χ0) is 6.69. The van der Waals surface area contributed by atoms with E-state index in [1.165, 1.54) is 0 Å². The van der Waals surface area contributed by atoms with Gasteiger partial charge in [0.15, 0.2) is 0 Å². The Balaban J connectivity index is 2.86. The Bertz CT molecular complexity index is 205. The molecule has 9 heavy (non-hydrogen) atoms. The fraction of sp³-hybridized carbons (Fsp3) is 0.167. The van der Waals surface area contributed by atoms with E-state index in [9.17, 15) is 4.79 Å². The van der Waals surface area contributed by atoms with E-state index in [1.54, 1.807) is 6.07 Å². The number of carbonyl (C=O) groups excluding carboxylic acids is 1. The monoisotopic (exact) mass is 190 g/mol. The van der Waals surface area contributed by atoms with E-state index in [1.807, 2.05) is 6.07 Å². The molecule has 3 heteroatoms. The molecule has 1 heterocycles. The molecule has 0 radical (unpaired) electrons. The summed E-state index contributed by atoms with van der Waals surface area (Å²) in [5.74, 6) is 0. The van der Waals surface area contributed by atoms with Crippen molar-refractivity contribution in [1.29, 1.82) is 0 Å². The fourth-order valence-corrected chi connectivity index (χ4v) is 1.99. The molecule has 1 aromatic heterocycles. The summed E-state index contributed by atoms with van der Waals surface area (Å²) in [5, 5.41) is 8.58. The number of aliphatic hydroxyl groups excluding tert-OH is 1. The van der Waals surface area contributed by atoms with Crippen LogP contribution in [0.25, 0.3) is 0 Å². The molecule has 0 aliphatic rings. The third kappa shape index (κ3) is 1.52. The summed E-state index contributed by atoms with van der Waals surface area (Å²) in [6.45, 7) is 0.0911. The Kier molecular flexibility index (Phi) is 2.22. The molecule has 1 aromatic rings. The van der Waals surface area contributed by atoms with Crippen LogP contribution in [0.2, 0.25) is 0 Å². The van der Waals surface area contributed by atoms with Gasteiger partial charge in [-0.3, -0.25) is 0 Å². The molecule has 0 unspecified atom stereocenters. The summed E-state index contributed by atoms with van der Waals surface area (Å²) >= 11 is 0.108. The molecule has 0 fully saturated rings. The van der Waals surface area contributed by atoms with Gasteiger partial charge in [-0.2, -0.15) is 0 Å². The van der Waals surface area contributed by atoms with E-state index in [0.717, 1.165) is 15.2 Å². The van der Waals surface area contributed by atoms with Crippen LogP contribution in [0.4, 0.5) is 0 Å². The number of carbonyl (C=O) groups is 1. The van der Waals surface area contributed by atoms with Crippen molar-refractivity contribution in [3.8, 4) is 0 Å². The Morgan fingerprint density at radius 1 is 1.67 bits per heavy atom. The number of aldehydes is 1. The number of hydrogen-bond acceptors (Lipinski definition) is 2. The summed E-state index contributed by atoms with van der Waals surface area (Å²) in [4.78, 5) is 10.1. The molecule has 0 saturated heterocycles. The molecule has 0 aliphatic carbocycles. The Morgan fingerprint density at radius 3 is 2.78 bits per heavy atom. The third-order valence-electron chi connectivity index (χ3n) is 0.954. The van der Waals surface area contributed by atoms with Crippen LogP contribution in [-0.2, 0) is 6.61 Å². The maximum atomic E-state index is 10.1. The Morgan fingerprint density at radius 2 is 2.44 bits per heavy atom. The minimum atomic E-state index is 0.0911. The second-order valence-corrected chi connectivity index (χ2v) is 4.10. The van der Waals surface area contributed by atoms with Crippen LogP contribution >= 0.6 is 0 Å². The Hall–Kier alpha value is -0.371. The number of aliphatic hydroxyl groups is 1. The van der Waals surface area contributed by atoms with Crippen molar-refractivity contribution in [1.82, 2.24) is 0 Å². The number of rotatable bonds is 2. The van der Waals surface area contributed by atoms with E-state index >= 15 is 0 Å². The van der Waals surface area contributed by atoms with Crippen LogP contribution in [0.15, 0.2) is 12.1 Å². The maximum absolute atomic E-state index is 10.1. The average Bonchev–Trinajstić information content (AvgIpc) is 2.34. The summed E-state index contributed by atoms with van der Waals surface area (Å²) in [6.07, 6.45) is 0.846. The van der Waals surface area contributed by atoms with Gasteiger partial charge in [0.2, 0.25) is 0 Å². The second-order valence-electron chi connectivity index (χ2n) is 1.58. The minimum absolute atomic E-state index is 0.0911. The predicted octanol–water partition coefficient (Wildman–Crippen LogP) is 0.0484. The van der Waals surface area contributed by atoms with E-state index < -0.39 is 0 Å². The topological polar surface area (TPSA) is 37.3 Å². The first kappa shape index (κ1) is 6.75. The summed E-state index contributed by atoms with van der Waals surface area (Å²) in [6, 6.07) is 3.57. The van der Waals surface area contributed by atoms with Crippen LogP contribution < -0.4 is 0 Å². The van der Waals surface area contributed by atoms with Crippen molar-refractivity contribution in [2.45, 2.75) is 6.61 Å². The standard InChI is InChI=1S/C6H6O2Se/c7-3-5-1-2-6(4-8)9-5/h1-3,8H,4H2. The van der Waals surface area contributed by atoms with Gasteiger partial charge in [0.05, 0.1) is 0 Å². The van der Waals surface area contributed by atoms with Crippen LogP contribution in [0.1, 0.15) is 13.7 Å². The zero-order valence-electron chi connectivity index (χ0n) is 4.70. The first-order chi connectivity index (χ1) is 4.36. The predicted molar refractivity (Wildman–Crippen MR) is 34.7 cm³/mol. The second kappa shape index (κ2) is 2.97. The molecule has 48 valence electrons. The third-order valence-corrected chi connectivity index (χ3v) is 3.04. The van der Waals surface area contributed by atoms with Gasteiger partial charge >= 0.3 is 58.3 Å².